The fraction of sp³-hybridized carbons (Fsp3) is 0.294. The van der Waals surface area contributed by atoms with Gasteiger partial charge in [-0.05, 0) is 67.1 Å². The van der Waals surface area contributed by atoms with E-state index in [1.54, 1.807) is 19.1 Å². The molecule has 1 unspecified atom stereocenters. The van der Waals surface area contributed by atoms with Crippen LogP contribution in [-0.4, -0.2) is 8.42 Å². The first-order valence-corrected chi connectivity index (χ1v) is 9.02. The van der Waals surface area contributed by atoms with E-state index in [-0.39, 0.29) is 23.3 Å². The SMILES string of the molecule is Cc1ccc(F)c(S(=O)(=O)NC2CCCc3cc(N)ccc32)c1.Cl. The van der Waals surface area contributed by atoms with Gasteiger partial charge in [-0.2, -0.15) is 0 Å². The normalized spacial score (nSPS) is 17.0. The lowest BCUT2D eigenvalue weighted by Crippen LogP contribution is -2.31. The van der Waals surface area contributed by atoms with Gasteiger partial charge >= 0.3 is 0 Å². The van der Waals surface area contributed by atoms with Crippen molar-refractivity contribution in [3.63, 3.8) is 0 Å². The molecule has 0 aromatic heterocycles. The molecule has 1 aliphatic carbocycles. The van der Waals surface area contributed by atoms with Gasteiger partial charge in [0, 0.05) is 11.7 Å². The van der Waals surface area contributed by atoms with Gasteiger partial charge in [0.1, 0.15) is 10.7 Å². The van der Waals surface area contributed by atoms with Crippen molar-refractivity contribution in [2.75, 3.05) is 5.73 Å². The second-order valence-electron chi connectivity index (χ2n) is 5.96. The summed E-state index contributed by atoms with van der Waals surface area (Å²) in [7, 11) is -3.92. The molecule has 130 valence electrons. The molecule has 4 nitrogen and oxygen atoms in total. The summed E-state index contributed by atoms with van der Waals surface area (Å²) in [5.74, 6) is -0.739. The van der Waals surface area contributed by atoms with E-state index in [0.717, 1.165) is 24.0 Å². The van der Waals surface area contributed by atoms with Gasteiger partial charge in [-0.1, -0.05) is 12.1 Å². The molecule has 3 rings (SSSR count). The average molecular weight is 371 g/mol. The summed E-state index contributed by atoms with van der Waals surface area (Å²) in [5.41, 5.74) is 9.12. The summed E-state index contributed by atoms with van der Waals surface area (Å²) >= 11 is 0. The summed E-state index contributed by atoms with van der Waals surface area (Å²) in [6.07, 6.45) is 2.42. The standard InChI is InChI=1S/C17H19FN2O2S.ClH/c1-11-5-8-15(18)17(9-11)23(21,22)20-16-4-2-3-12-10-13(19)6-7-14(12)16;/h5-10,16,20H,2-4,19H2,1H3;1H. The number of nitrogen functional groups attached to an aromatic ring is 1. The Morgan fingerprint density at radius 1 is 1.21 bits per heavy atom. The number of aryl methyl sites for hydroxylation is 2. The molecule has 0 aliphatic heterocycles. The lowest BCUT2D eigenvalue weighted by atomic mass is 9.88. The van der Waals surface area contributed by atoms with Crippen molar-refractivity contribution in [2.24, 2.45) is 0 Å². The fourth-order valence-corrected chi connectivity index (χ4v) is 4.44. The van der Waals surface area contributed by atoms with Gasteiger partial charge in [-0.3, -0.25) is 0 Å². The fourth-order valence-electron chi connectivity index (χ4n) is 3.02. The number of hydrogen-bond acceptors (Lipinski definition) is 3. The lowest BCUT2D eigenvalue weighted by molar-refractivity contribution is 0.501. The molecule has 1 atom stereocenters. The molecule has 0 radical (unpaired) electrons. The Balaban J connectivity index is 0.00000208. The Morgan fingerprint density at radius 3 is 2.71 bits per heavy atom. The number of rotatable bonds is 3. The third-order valence-corrected chi connectivity index (χ3v) is 5.64. The van der Waals surface area contributed by atoms with E-state index >= 15 is 0 Å². The van der Waals surface area contributed by atoms with Crippen molar-refractivity contribution in [1.29, 1.82) is 0 Å². The van der Waals surface area contributed by atoms with Crippen molar-refractivity contribution in [3.8, 4) is 0 Å². The predicted octanol–water partition coefficient (Wildman–Crippen LogP) is 3.49. The maximum Gasteiger partial charge on any atom is 0.244 e. The highest BCUT2D eigenvalue weighted by atomic mass is 35.5. The van der Waals surface area contributed by atoms with Gasteiger partial charge in [0.15, 0.2) is 0 Å². The highest BCUT2D eigenvalue weighted by Crippen LogP contribution is 2.32. The maximum atomic E-state index is 13.9. The summed E-state index contributed by atoms with van der Waals surface area (Å²) in [4.78, 5) is -0.305. The summed E-state index contributed by atoms with van der Waals surface area (Å²) in [6, 6.07) is 9.21. The largest absolute Gasteiger partial charge is 0.399 e. The van der Waals surface area contributed by atoms with Crippen LogP contribution in [0, 0.1) is 12.7 Å². The second-order valence-corrected chi connectivity index (χ2v) is 7.64. The lowest BCUT2D eigenvalue weighted by Gasteiger charge is -2.26. The molecular formula is C17H20ClFN2O2S. The third kappa shape index (κ3) is 3.71. The van der Waals surface area contributed by atoms with Gasteiger partial charge < -0.3 is 5.73 Å². The van der Waals surface area contributed by atoms with Crippen LogP contribution in [0.1, 0.15) is 35.6 Å². The summed E-state index contributed by atoms with van der Waals surface area (Å²) in [5, 5.41) is 0. The van der Waals surface area contributed by atoms with Crippen LogP contribution in [0.4, 0.5) is 10.1 Å². The molecule has 0 heterocycles. The Morgan fingerprint density at radius 2 is 1.96 bits per heavy atom. The number of nitrogens with one attached hydrogen (secondary N) is 1. The van der Waals surface area contributed by atoms with Crippen LogP contribution in [0.15, 0.2) is 41.3 Å². The van der Waals surface area contributed by atoms with Crippen LogP contribution in [0.2, 0.25) is 0 Å². The molecule has 2 aromatic carbocycles. The zero-order valence-corrected chi connectivity index (χ0v) is 14.9. The van der Waals surface area contributed by atoms with E-state index in [2.05, 4.69) is 4.72 Å². The molecule has 0 saturated carbocycles. The molecule has 0 fully saturated rings. The predicted molar refractivity (Wildman–Crippen MR) is 95.2 cm³/mol. The van der Waals surface area contributed by atoms with E-state index in [4.69, 9.17) is 5.73 Å². The Bertz CT molecular complexity index is 856. The Kier molecular flexibility index (Phi) is 5.52. The maximum absolute atomic E-state index is 13.9. The van der Waals surface area contributed by atoms with Crippen LogP contribution in [0.5, 0.6) is 0 Å². The Labute approximate surface area is 147 Å². The number of fused-ring (bicyclic) bond motifs is 1. The molecule has 1 aliphatic rings. The van der Waals surface area contributed by atoms with Crippen molar-refractivity contribution < 1.29 is 12.8 Å². The number of nitrogens with two attached hydrogens (primary N) is 1. The number of anilines is 1. The van der Waals surface area contributed by atoms with Crippen LogP contribution >= 0.6 is 12.4 Å². The minimum Gasteiger partial charge on any atom is -0.399 e. The summed E-state index contributed by atoms with van der Waals surface area (Å²) in [6.45, 7) is 1.73. The third-order valence-electron chi connectivity index (χ3n) is 4.15. The molecular weight excluding hydrogens is 351 g/mol. The first-order valence-electron chi connectivity index (χ1n) is 7.53. The van der Waals surface area contributed by atoms with Crippen LogP contribution < -0.4 is 10.5 Å². The van der Waals surface area contributed by atoms with Crippen molar-refractivity contribution in [3.05, 3.63) is 58.9 Å². The van der Waals surface area contributed by atoms with Gasteiger partial charge in [0.2, 0.25) is 10.0 Å². The topological polar surface area (TPSA) is 72.2 Å². The highest BCUT2D eigenvalue weighted by molar-refractivity contribution is 7.89. The van der Waals surface area contributed by atoms with E-state index in [1.807, 2.05) is 12.1 Å². The molecule has 3 N–H and O–H groups in total. The first-order chi connectivity index (χ1) is 10.9. The van der Waals surface area contributed by atoms with Gasteiger partial charge in [0.05, 0.1) is 0 Å². The zero-order valence-electron chi connectivity index (χ0n) is 13.3. The molecule has 24 heavy (non-hydrogen) atoms. The molecule has 2 aromatic rings. The minimum absolute atomic E-state index is 0. The molecule has 0 bridgehead atoms. The second kappa shape index (κ2) is 7.09. The van der Waals surface area contributed by atoms with Crippen LogP contribution in [0.25, 0.3) is 0 Å². The molecule has 0 amide bonds. The molecule has 0 spiro atoms. The quantitative estimate of drug-likeness (QED) is 0.812. The number of hydrogen-bond donors (Lipinski definition) is 2. The van der Waals surface area contributed by atoms with E-state index in [1.165, 1.54) is 12.1 Å². The Hall–Kier alpha value is -1.63. The van der Waals surface area contributed by atoms with E-state index < -0.39 is 15.8 Å². The van der Waals surface area contributed by atoms with Gasteiger partial charge in [0.25, 0.3) is 0 Å². The van der Waals surface area contributed by atoms with Crippen molar-refractivity contribution >= 4 is 28.1 Å². The first kappa shape index (κ1) is 18.7. The monoisotopic (exact) mass is 370 g/mol. The zero-order chi connectivity index (χ0) is 16.6. The van der Waals surface area contributed by atoms with E-state index in [0.29, 0.717) is 17.7 Å². The minimum atomic E-state index is -3.92. The number of sulfonamides is 1. The van der Waals surface area contributed by atoms with Crippen LogP contribution in [-0.2, 0) is 16.4 Å². The summed E-state index contributed by atoms with van der Waals surface area (Å²) < 4.78 is 41.7. The van der Waals surface area contributed by atoms with Crippen LogP contribution in [0.3, 0.4) is 0 Å². The number of halogens is 2. The smallest absolute Gasteiger partial charge is 0.244 e. The van der Waals surface area contributed by atoms with E-state index in [9.17, 15) is 12.8 Å². The van der Waals surface area contributed by atoms with Gasteiger partial charge in [-0.25, -0.2) is 17.5 Å². The van der Waals surface area contributed by atoms with Crippen molar-refractivity contribution in [1.82, 2.24) is 4.72 Å². The molecule has 0 saturated heterocycles. The molecule has 7 heteroatoms. The van der Waals surface area contributed by atoms with Gasteiger partial charge in [-0.15, -0.1) is 12.4 Å². The van der Waals surface area contributed by atoms with Crippen molar-refractivity contribution in [2.45, 2.75) is 37.1 Å². The number of benzene rings is 2. The average Bonchev–Trinajstić information content (AvgIpc) is 2.49. The highest BCUT2D eigenvalue weighted by Gasteiger charge is 2.27.